The van der Waals surface area contributed by atoms with E-state index in [2.05, 4.69) is 5.32 Å². The molecule has 14 heavy (non-hydrogen) atoms. The van der Waals surface area contributed by atoms with E-state index in [1.54, 1.807) is 0 Å². The molecule has 2 N–H and O–H groups in total. The fourth-order valence-electron chi connectivity index (χ4n) is 1.38. The zero-order chi connectivity index (χ0) is 10.2. The molecular formula is C10H12FNO2. The maximum atomic E-state index is 12.8. The number of benzene rings is 1. The van der Waals surface area contributed by atoms with E-state index in [1.807, 2.05) is 6.92 Å². The van der Waals surface area contributed by atoms with Crippen molar-refractivity contribution in [2.75, 3.05) is 13.1 Å². The SMILES string of the molecule is CC1(Oc2cc(F)ccc2O)CNC1. The van der Waals surface area contributed by atoms with Crippen LogP contribution in [0.15, 0.2) is 18.2 Å². The predicted octanol–water partition coefficient (Wildman–Crippen LogP) is 1.27. The Kier molecular flexibility index (Phi) is 2.07. The largest absolute Gasteiger partial charge is 0.504 e. The van der Waals surface area contributed by atoms with Crippen LogP contribution in [0.1, 0.15) is 6.92 Å². The standard InChI is InChI=1S/C10H12FNO2/c1-10(5-12-6-10)14-9-4-7(11)2-3-8(9)13/h2-4,12-13H,5-6H2,1H3. The molecule has 76 valence electrons. The predicted molar refractivity (Wildman–Crippen MR) is 50.0 cm³/mol. The van der Waals surface area contributed by atoms with Gasteiger partial charge in [-0.15, -0.1) is 0 Å². The maximum Gasteiger partial charge on any atom is 0.164 e. The van der Waals surface area contributed by atoms with Gasteiger partial charge < -0.3 is 15.2 Å². The molecule has 3 nitrogen and oxygen atoms in total. The van der Waals surface area contributed by atoms with Gasteiger partial charge in [-0.25, -0.2) is 4.39 Å². The summed E-state index contributed by atoms with van der Waals surface area (Å²) < 4.78 is 18.3. The lowest BCUT2D eigenvalue weighted by molar-refractivity contribution is 0.0321. The van der Waals surface area contributed by atoms with Crippen LogP contribution in [0.25, 0.3) is 0 Å². The Balaban J connectivity index is 2.19. The number of halogens is 1. The van der Waals surface area contributed by atoms with Gasteiger partial charge in [0.1, 0.15) is 11.4 Å². The van der Waals surface area contributed by atoms with E-state index in [4.69, 9.17) is 4.74 Å². The van der Waals surface area contributed by atoms with Crippen LogP contribution < -0.4 is 10.1 Å². The van der Waals surface area contributed by atoms with Gasteiger partial charge >= 0.3 is 0 Å². The maximum absolute atomic E-state index is 12.8. The van der Waals surface area contributed by atoms with Crippen LogP contribution in [0.4, 0.5) is 4.39 Å². The molecule has 2 rings (SSSR count). The lowest BCUT2D eigenvalue weighted by atomic mass is 10.00. The molecule has 0 amide bonds. The number of aromatic hydroxyl groups is 1. The Morgan fingerprint density at radius 1 is 1.50 bits per heavy atom. The summed E-state index contributed by atoms with van der Waals surface area (Å²) in [6.45, 7) is 3.33. The second kappa shape index (κ2) is 3.13. The summed E-state index contributed by atoms with van der Waals surface area (Å²) in [6.07, 6.45) is 0. The molecular weight excluding hydrogens is 185 g/mol. The number of hydrogen-bond donors (Lipinski definition) is 2. The minimum Gasteiger partial charge on any atom is -0.504 e. The molecule has 0 radical (unpaired) electrons. The van der Waals surface area contributed by atoms with Crippen molar-refractivity contribution in [3.8, 4) is 11.5 Å². The van der Waals surface area contributed by atoms with Gasteiger partial charge in [-0.3, -0.25) is 0 Å². The Labute approximate surface area is 81.5 Å². The Bertz CT molecular complexity index is 350. The average molecular weight is 197 g/mol. The molecule has 0 saturated carbocycles. The Morgan fingerprint density at radius 3 is 2.79 bits per heavy atom. The molecule has 1 saturated heterocycles. The van der Waals surface area contributed by atoms with E-state index in [-0.39, 0.29) is 17.1 Å². The van der Waals surface area contributed by atoms with Crippen molar-refractivity contribution in [2.45, 2.75) is 12.5 Å². The first-order valence-electron chi connectivity index (χ1n) is 4.47. The minimum absolute atomic E-state index is 0.0282. The highest BCUT2D eigenvalue weighted by molar-refractivity contribution is 5.39. The normalized spacial score (nSPS) is 18.7. The van der Waals surface area contributed by atoms with Gasteiger partial charge in [0.05, 0.1) is 0 Å². The van der Waals surface area contributed by atoms with Crippen molar-refractivity contribution in [2.24, 2.45) is 0 Å². The second-order valence-electron chi connectivity index (χ2n) is 3.77. The molecule has 1 aliphatic heterocycles. The highest BCUT2D eigenvalue weighted by atomic mass is 19.1. The Hall–Kier alpha value is -1.29. The molecule has 1 aromatic carbocycles. The van der Waals surface area contributed by atoms with Crippen LogP contribution in [0.5, 0.6) is 11.5 Å². The lowest BCUT2D eigenvalue weighted by Gasteiger charge is -2.39. The second-order valence-corrected chi connectivity index (χ2v) is 3.77. The zero-order valence-electron chi connectivity index (χ0n) is 7.88. The van der Waals surface area contributed by atoms with Crippen molar-refractivity contribution >= 4 is 0 Å². The molecule has 0 spiro atoms. The van der Waals surface area contributed by atoms with Crippen LogP contribution in [0, 0.1) is 5.82 Å². The van der Waals surface area contributed by atoms with Crippen molar-refractivity contribution in [3.05, 3.63) is 24.0 Å². The highest BCUT2D eigenvalue weighted by Gasteiger charge is 2.34. The van der Waals surface area contributed by atoms with Gasteiger partial charge in [0.2, 0.25) is 0 Å². The monoisotopic (exact) mass is 197 g/mol. The van der Waals surface area contributed by atoms with E-state index in [1.165, 1.54) is 18.2 Å². The number of ether oxygens (including phenoxy) is 1. The van der Waals surface area contributed by atoms with E-state index in [0.29, 0.717) is 13.1 Å². The van der Waals surface area contributed by atoms with Crippen LogP contribution >= 0.6 is 0 Å². The molecule has 0 aromatic heterocycles. The van der Waals surface area contributed by atoms with Crippen molar-refractivity contribution < 1.29 is 14.2 Å². The summed E-state index contributed by atoms with van der Waals surface area (Å²) in [5.41, 5.74) is -0.328. The summed E-state index contributed by atoms with van der Waals surface area (Å²) in [5.74, 6) is -0.234. The van der Waals surface area contributed by atoms with Crippen molar-refractivity contribution in [1.82, 2.24) is 5.32 Å². The molecule has 1 aliphatic rings. The molecule has 1 heterocycles. The fourth-order valence-corrected chi connectivity index (χ4v) is 1.38. The number of phenols is 1. The van der Waals surface area contributed by atoms with Gasteiger partial charge in [0, 0.05) is 19.2 Å². The van der Waals surface area contributed by atoms with Crippen LogP contribution in [0.2, 0.25) is 0 Å². The number of nitrogens with one attached hydrogen (secondary N) is 1. The van der Waals surface area contributed by atoms with Crippen LogP contribution in [-0.4, -0.2) is 23.8 Å². The van der Waals surface area contributed by atoms with Gasteiger partial charge in [-0.05, 0) is 19.1 Å². The topological polar surface area (TPSA) is 41.5 Å². The van der Waals surface area contributed by atoms with Gasteiger partial charge in [0.15, 0.2) is 11.5 Å². The van der Waals surface area contributed by atoms with E-state index < -0.39 is 5.82 Å². The first kappa shape index (κ1) is 9.27. The average Bonchev–Trinajstić information content (AvgIpc) is 2.09. The van der Waals surface area contributed by atoms with E-state index >= 15 is 0 Å². The molecule has 1 aromatic rings. The summed E-state index contributed by atoms with van der Waals surface area (Å²) in [4.78, 5) is 0. The zero-order valence-corrected chi connectivity index (χ0v) is 7.88. The van der Waals surface area contributed by atoms with Crippen LogP contribution in [0.3, 0.4) is 0 Å². The summed E-state index contributed by atoms with van der Waals surface area (Å²) >= 11 is 0. The smallest absolute Gasteiger partial charge is 0.164 e. The number of hydrogen-bond acceptors (Lipinski definition) is 3. The molecule has 1 fully saturated rings. The number of rotatable bonds is 2. The van der Waals surface area contributed by atoms with Crippen LogP contribution in [-0.2, 0) is 0 Å². The molecule has 4 heteroatoms. The van der Waals surface area contributed by atoms with Crippen molar-refractivity contribution in [3.63, 3.8) is 0 Å². The van der Waals surface area contributed by atoms with E-state index in [9.17, 15) is 9.50 Å². The van der Waals surface area contributed by atoms with Crippen molar-refractivity contribution in [1.29, 1.82) is 0 Å². The quantitative estimate of drug-likeness (QED) is 0.750. The third-order valence-electron chi connectivity index (χ3n) is 2.28. The Morgan fingerprint density at radius 2 is 2.21 bits per heavy atom. The van der Waals surface area contributed by atoms with Gasteiger partial charge in [-0.2, -0.15) is 0 Å². The minimum atomic E-state index is -0.409. The first-order valence-corrected chi connectivity index (χ1v) is 4.47. The molecule has 0 unspecified atom stereocenters. The number of phenolic OH excluding ortho intramolecular Hbond substituents is 1. The van der Waals surface area contributed by atoms with E-state index in [0.717, 1.165) is 0 Å². The van der Waals surface area contributed by atoms with Gasteiger partial charge in [-0.1, -0.05) is 0 Å². The first-order chi connectivity index (χ1) is 6.59. The molecule has 0 aliphatic carbocycles. The summed E-state index contributed by atoms with van der Waals surface area (Å²) in [5, 5.41) is 12.5. The third-order valence-corrected chi connectivity index (χ3v) is 2.28. The molecule has 0 atom stereocenters. The molecule has 0 bridgehead atoms. The summed E-state index contributed by atoms with van der Waals surface area (Å²) in [6, 6.07) is 3.68. The van der Waals surface area contributed by atoms with Gasteiger partial charge in [0.25, 0.3) is 0 Å². The highest BCUT2D eigenvalue weighted by Crippen LogP contribution is 2.30. The third kappa shape index (κ3) is 1.65. The lowest BCUT2D eigenvalue weighted by Crippen LogP contribution is -2.61. The fraction of sp³-hybridized carbons (Fsp3) is 0.400. The summed E-state index contributed by atoms with van der Waals surface area (Å²) in [7, 11) is 0.